The molecular formula is C15H19N3O5S. The number of aromatic nitrogens is 2. The summed E-state index contributed by atoms with van der Waals surface area (Å²) < 4.78 is 37.4. The highest BCUT2D eigenvalue weighted by molar-refractivity contribution is 7.92. The zero-order chi connectivity index (χ0) is 17.9. The molecule has 0 fully saturated rings. The van der Waals surface area contributed by atoms with E-state index in [1.807, 2.05) is 6.92 Å². The number of nitrogens with one attached hydrogen (secondary N) is 2. The van der Waals surface area contributed by atoms with Crippen LogP contribution in [0.3, 0.4) is 0 Å². The number of hydrogen-bond donors (Lipinski definition) is 2. The van der Waals surface area contributed by atoms with Gasteiger partial charge < -0.3 is 9.47 Å². The molecule has 1 aromatic carbocycles. The molecule has 0 saturated heterocycles. The molecule has 0 radical (unpaired) electrons. The topological polar surface area (TPSA) is 110 Å². The highest BCUT2D eigenvalue weighted by Crippen LogP contribution is 2.29. The number of methoxy groups -OCH3 is 2. The highest BCUT2D eigenvalue weighted by Gasteiger charge is 2.19. The Bertz CT molecular complexity index is 906. The van der Waals surface area contributed by atoms with Gasteiger partial charge in [0.15, 0.2) is 11.5 Å². The largest absolute Gasteiger partial charge is 0.493 e. The van der Waals surface area contributed by atoms with Crippen molar-refractivity contribution in [3.63, 3.8) is 0 Å². The van der Waals surface area contributed by atoms with Crippen LogP contribution in [0.25, 0.3) is 0 Å². The standard InChI is InChI=1S/C15H19N3O5S/c1-5-11-9(2)16-15(17-14(11)19)18-24(20,21)10-6-7-12(22-3)13(8-10)23-4/h6-8H,5H2,1-4H3,(H2,16,17,18,19). The Morgan fingerprint density at radius 3 is 2.42 bits per heavy atom. The molecule has 0 spiro atoms. The molecule has 130 valence electrons. The van der Waals surface area contributed by atoms with Crippen molar-refractivity contribution in [2.24, 2.45) is 0 Å². The Morgan fingerprint density at radius 2 is 1.88 bits per heavy atom. The van der Waals surface area contributed by atoms with Crippen molar-refractivity contribution in [3.05, 3.63) is 39.8 Å². The minimum Gasteiger partial charge on any atom is -0.493 e. The molecular weight excluding hydrogens is 334 g/mol. The van der Waals surface area contributed by atoms with Crippen molar-refractivity contribution in [2.75, 3.05) is 18.9 Å². The van der Waals surface area contributed by atoms with E-state index in [2.05, 4.69) is 14.7 Å². The number of H-pyrrole nitrogens is 1. The quantitative estimate of drug-likeness (QED) is 0.813. The predicted molar refractivity (Wildman–Crippen MR) is 89.3 cm³/mol. The smallest absolute Gasteiger partial charge is 0.264 e. The number of ether oxygens (including phenoxy) is 2. The van der Waals surface area contributed by atoms with Gasteiger partial charge in [-0.15, -0.1) is 0 Å². The average molecular weight is 353 g/mol. The van der Waals surface area contributed by atoms with Gasteiger partial charge in [-0.1, -0.05) is 6.92 Å². The molecule has 2 aromatic rings. The van der Waals surface area contributed by atoms with Crippen LogP contribution in [-0.4, -0.2) is 32.6 Å². The molecule has 24 heavy (non-hydrogen) atoms. The monoisotopic (exact) mass is 353 g/mol. The molecule has 9 heteroatoms. The fraction of sp³-hybridized carbons (Fsp3) is 0.333. The number of nitrogens with zero attached hydrogens (tertiary/aromatic N) is 1. The van der Waals surface area contributed by atoms with E-state index in [9.17, 15) is 13.2 Å². The molecule has 0 amide bonds. The summed E-state index contributed by atoms with van der Waals surface area (Å²) in [6.07, 6.45) is 0.511. The van der Waals surface area contributed by atoms with Crippen molar-refractivity contribution < 1.29 is 17.9 Å². The van der Waals surface area contributed by atoms with E-state index < -0.39 is 10.0 Å². The van der Waals surface area contributed by atoms with Crippen molar-refractivity contribution in [3.8, 4) is 11.5 Å². The molecule has 2 rings (SSSR count). The van der Waals surface area contributed by atoms with Crippen molar-refractivity contribution in [2.45, 2.75) is 25.2 Å². The maximum atomic E-state index is 12.5. The van der Waals surface area contributed by atoms with Crippen LogP contribution >= 0.6 is 0 Å². The minimum absolute atomic E-state index is 0.0416. The van der Waals surface area contributed by atoms with Crippen LogP contribution < -0.4 is 19.8 Å². The Hall–Kier alpha value is -2.55. The summed E-state index contributed by atoms with van der Waals surface area (Å²) in [5.74, 6) is 0.551. The number of aryl methyl sites for hydroxylation is 1. The van der Waals surface area contributed by atoms with E-state index in [-0.39, 0.29) is 22.2 Å². The summed E-state index contributed by atoms with van der Waals surface area (Å²) in [5, 5.41) is 0. The van der Waals surface area contributed by atoms with Gasteiger partial charge in [-0.25, -0.2) is 18.1 Å². The van der Waals surface area contributed by atoms with Gasteiger partial charge in [-0.3, -0.25) is 9.78 Å². The second kappa shape index (κ2) is 6.91. The van der Waals surface area contributed by atoms with E-state index in [4.69, 9.17) is 9.47 Å². The maximum Gasteiger partial charge on any atom is 0.264 e. The minimum atomic E-state index is -3.94. The molecule has 0 unspecified atom stereocenters. The fourth-order valence-corrected chi connectivity index (χ4v) is 3.22. The number of rotatable bonds is 6. The van der Waals surface area contributed by atoms with Gasteiger partial charge in [0.05, 0.1) is 19.1 Å². The van der Waals surface area contributed by atoms with Crippen LogP contribution in [0.15, 0.2) is 27.9 Å². The molecule has 1 aromatic heterocycles. The molecule has 1 heterocycles. The Labute approximate surface area is 139 Å². The summed E-state index contributed by atoms with van der Waals surface area (Å²) >= 11 is 0. The van der Waals surface area contributed by atoms with Gasteiger partial charge >= 0.3 is 0 Å². The summed E-state index contributed by atoms with van der Waals surface area (Å²) in [4.78, 5) is 18.4. The van der Waals surface area contributed by atoms with Gasteiger partial charge in [0.1, 0.15) is 0 Å². The predicted octanol–water partition coefficient (Wildman–Crippen LogP) is 1.46. The Kier molecular flexibility index (Phi) is 5.13. The number of aromatic amines is 1. The van der Waals surface area contributed by atoms with E-state index in [1.165, 1.54) is 32.4 Å². The summed E-state index contributed by atoms with van der Waals surface area (Å²) in [7, 11) is -1.08. The van der Waals surface area contributed by atoms with Crippen molar-refractivity contribution >= 4 is 16.0 Å². The third-order valence-corrected chi connectivity index (χ3v) is 4.81. The Morgan fingerprint density at radius 1 is 1.21 bits per heavy atom. The fourth-order valence-electron chi connectivity index (χ4n) is 2.25. The lowest BCUT2D eigenvalue weighted by Crippen LogP contribution is -2.22. The van der Waals surface area contributed by atoms with Crippen molar-refractivity contribution in [1.29, 1.82) is 0 Å². The van der Waals surface area contributed by atoms with Crippen LogP contribution in [0.2, 0.25) is 0 Å². The van der Waals surface area contributed by atoms with Crippen LogP contribution in [0.5, 0.6) is 11.5 Å². The zero-order valence-electron chi connectivity index (χ0n) is 13.8. The van der Waals surface area contributed by atoms with E-state index in [0.29, 0.717) is 23.4 Å². The van der Waals surface area contributed by atoms with Gasteiger partial charge in [0.25, 0.3) is 15.6 Å². The number of anilines is 1. The molecule has 0 aliphatic rings. The second-order valence-corrected chi connectivity index (χ2v) is 6.64. The summed E-state index contributed by atoms with van der Waals surface area (Å²) in [6.45, 7) is 3.48. The van der Waals surface area contributed by atoms with Gasteiger partial charge in [0, 0.05) is 17.3 Å². The third-order valence-electron chi connectivity index (χ3n) is 3.47. The molecule has 0 saturated carbocycles. The lowest BCUT2D eigenvalue weighted by molar-refractivity contribution is 0.354. The number of sulfonamides is 1. The number of benzene rings is 1. The van der Waals surface area contributed by atoms with E-state index in [1.54, 1.807) is 6.92 Å². The molecule has 8 nitrogen and oxygen atoms in total. The first-order chi connectivity index (χ1) is 11.3. The zero-order valence-corrected chi connectivity index (χ0v) is 14.7. The first kappa shape index (κ1) is 17.8. The van der Waals surface area contributed by atoms with E-state index >= 15 is 0 Å². The van der Waals surface area contributed by atoms with Crippen LogP contribution in [0.1, 0.15) is 18.2 Å². The van der Waals surface area contributed by atoms with Gasteiger partial charge in [0.2, 0.25) is 5.95 Å². The lowest BCUT2D eigenvalue weighted by atomic mass is 10.2. The molecule has 0 bridgehead atoms. The van der Waals surface area contributed by atoms with E-state index in [0.717, 1.165) is 0 Å². The molecule has 0 aliphatic heterocycles. The molecule has 2 N–H and O–H groups in total. The Balaban J connectivity index is 2.40. The lowest BCUT2D eigenvalue weighted by Gasteiger charge is -2.12. The molecule has 0 atom stereocenters. The SMILES string of the molecule is CCc1c(C)nc(NS(=O)(=O)c2ccc(OC)c(OC)c2)[nH]c1=O. The normalized spacial score (nSPS) is 11.2. The maximum absolute atomic E-state index is 12.5. The second-order valence-electron chi connectivity index (χ2n) is 4.95. The van der Waals surface area contributed by atoms with Gasteiger partial charge in [-0.2, -0.15) is 0 Å². The summed E-state index contributed by atoms with van der Waals surface area (Å²) in [5.41, 5.74) is 0.630. The van der Waals surface area contributed by atoms with Crippen LogP contribution in [0, 0.1) is 6.92 Å². The first-order valence-corrected chi connectivity index (χ1v) is 8.65. The highest BCUT2D eigenvalue weighted by atomic mass is 32.2. The third kappa shape index (κ3) is 3.51. The number of hydrogen-bond acceptors (Lipinski definition) is 6. The molecule has 0 aliphatic carbocycles. The van der Waals surface area contributed by atoms with Crippen LogP contribution in [0.4, 0.5) is 5.95 Å². The van der Waals surface area contributed by atoms with Crippen LogP contribution in [-0.2, 0) is 16.4 Å². The summed E-state index contributed by atoms with van der Waals surface area (Å²) in [6, 6.07) is 4.18. The average Bonchev–Trinajstić information content (AvgIpc) is 2.53. The van der Waals surface area contributed by atoms with Gasteiger partial charge in [-0.05, 0) is 25.5 Å². The van der Waals surface area contributed by atoms with Crippen molar-refractivity contribution in [1.82, 2.24) is 9.97 Å². The first-order valence-electron chi connectivity index (χ1n) is 7.17.